The van der Waals surface area contributed by atoms with Gasteiger partial charge in [0, 0.05) is 11.3 Å². The maximum absolute atomic E-state index is 12.5. The number of rotatable bonds is 6. The summed E-state index contributed by atoms with van der Waals surface area (Å²) in [7, 11) is 3.19. The molecule has 0 unspecified atom stereocenters. The summed E-state index contributed by atoms with van der Waals surface area (Å²) in [6.45, 7) is 6.01. The van der Waals surface area contributed by atoms with Gasteiger partial charge in [-0.05, 0) is 48.2 Å². The van der Waals surface area contributed by atoms with Crippen LogP contribution in [0.3, 0.4) is 0 Å². The number of carbonyl (C=O) groups is 1. The van der Waals surface area contributed by atoms with Gasteiger partial charge in [0.05, 0.1) is 14.2 Å². The molecule has 2 aromatic rings. The van der Waals surface area contributed by atoms with Gasteiger partial charge in [-0.1, -0.05) is 38.1 Å². The topological polar surface area (TPSA) is 47.6 Å². The van der Waals surface area contributed by atoms with Gasteiger partial charge in [-0.3, -0.25) is 4.79 Å². The van der Waals surface area contributed by atoms with E-state index in [-0.39, 0.29) is 5.91 Å². The van der Waals surface area contributed by atoms with Crippen LogP contribution >= 0.6 is 0 Å². The van der Waals surface area contributed by atoms with Gasteiger partial charge < -0.3 is 14.8 Å². The van der Waals surface area contributed by atoms with Crippen LogP contribution in [0.15, 0.2) is 48.0 Å². The van der Waals surface area contributed by atoms with Crippen molar-refractivity contribution in [1.29, 1.82) is 0 Å². The quantitative estimate of drug-likeness (QED) is 0.764. The summed E-state index contributed by atoms with van der Waals surface area (Å²) in [5.74, 6) is 1.51. The van der Waals surface area contributed by atoms with E-state index in [1.807, 2.05) is 48.5 Å². The lowest BCUT2D eigenvalue weighted by atomic mass is 10.0. The third-order valence-corrected chi connectivity index (χ3v) is 3.98. The fourth-order valence-electron chi connectivity index (χ4n) is 2.59. The number of methoxy groups -OCH3 is 2. The highest BCUT2D eigenvalue weighted by Crippen LogP contribution is 2.29. The highest BCUT2D eigenvalue weighted by molar-refractivity contribution is 6.06. The standard InChI is InChI=1S/C21H25NO3/c1-14(2)17-8-6-7-9-18(17)22-21(23)15(3)12-16-10-11-19(24-4)20(13-16)25-5/h6-14H,1-5H3,(H,22,23)/b15-12+. The maximum Gasteiger partial charge on any atom is 0.251 e. The fraction of sp³-hybridized carbons (Fsp3) is 0.286. The van der Waals surface area contributed by atoms with Crippen molar-refractivity contribution in [2.24, 2.45) is 0 Å². The van der Waals surface area contributed by atoms with E-state index in [2.05, 4.69) is 19.2 Å². The minimum Gasteiger partial charge on any atom is -0.493 e. The average molecular weight is 339 g/mol. The van der Waals surface area contributed by atoms with Crippen LogP contribution in [-0.4, -0.2) is 20.1 Å². The Kier molecular flexibility index (Phi) is 6.23. The first-order valence-electron chi connectivity index (χ1n) is 8.26. The Labute approximate surface area is 149 Å². The molecule has 0 fully saturated rings. The van der Waals surface area contributed by atoms with Crippen LogP contribution in [0, 0.1) is 0 Å². The molecule has 4 nitrogen and oxygen atoms in total. The number of anilines is 1. The molecule has 0 atom stereocenters. The molecule has 0 bridgehead atoms. The zero-order valence-corrected chi connectivity index (χ0v) is 15.4. The summed E-state index contributed by atoms with van der Waals surface area (Å²) in [5, 5.41) is 3.00. The normalized spacial score (nSPS) is 11.4. The minimum atomic E-state index is -0.122. The molecule has 0 saturated carbocycles. The maximum atomic E-state index is 12.5. The number of amides is 1. The van der Waals surface area contributed by atoms with Crippen LogP contribution in [0.5, 0.6) is 11.5 Å². The van der Waals surface area contributed by atoms with Crippen LogP contribution in [0.2, 0.25) is 0 Å². The molecular formula is C21H25NO3. The molecule has 0 aliphatic heterocycles. The van der Waals surface area contributed by atoms with Gasteiger partial charge in [0.2, 0.25) is 0 Å². The van der Waals surface area contributed by atoms with Crippen LogP contribution < -0.4 is 14.8 Å². The molecule has 2 aromatic carbocycles. The molecule has 25 heavy (non-hydrogen) atoms. The molecule has 132 valence electrons. The Bertz CT molecular complexity index is 778. The van der Waals surface area contributed by atoms with Gasteiger partial charge in [0.25, 0.3) is 5.91 Å². The second kappa shape index (κ2) is 8.38. The van der Waals surface area contributed by atoms with E-state index < -0.39 is 0 Å². The Morgan fingerprint density at radius 1 is 1.04 bits per heavy atom. The molecule has 0 radical (unpaired) electrons. The Morgan fingerprint density at radius 3 is 2.36 bits per heavy atom. The van der Waals surface area contributed by atoms with Gasteiger partial charge in [-0.2, -0.15) is 0 Å². The number of carbonyl (C=O) groups excluding carboxylic acids is 1. The second-order valence-electron chi connectivity index (χ2n) is 6.14. The third-order valence-electron chi connectivity index (χ3n) is 3.98. The largest absolute Gasteiger partial charge is 0.493 e. The first-order chi connectivity index (χ1) is 12.0. The fourth-order valence-corrected chi connectivity index (χ4v) is 2.59. The lowest BCUT2D eigenvalue weighted by Gasteiger charge is -2.14. The van der Waals surface area contributed by atoms with E-state index in [0.717, 1.165) is 16.8 Å². The molecule has 0 aliphatic carbocycles. The van der Waals surface area contributed by atoms with E-state index in [1.54, 1.807) is 21.1 Å². The molecule has 1 N–H and O–H groups in total. The minimum absolute atomic E-state index is 0.122. The molecule has 0 saturated heterocycles. The zero-order valence-electron chi connectivity index (χ0n) is 15.4. The van der Waals surface area contributed by atoms with Crippen molar-refractivity contribution in [1.82, 2.24) is 0 Å². The van der Waals surface area contributed by atoms with Crippen LogP contribution in [0.1, 0.15) is 37.8 Å². The lowest BCUT2D eigenvalue weighted by Crippen LogP contribution is -2.14. The molecule has 1 amide bonds. The Hall–Kier alpha value is -2.75. The molecular weight excluding hydrogens is 314 g/mol. The first kappa shape index (κ1) is 18.6. The average Bonchev–Trinajstić information content (AvgIpc) is 2.61. The second-order valence-corrected chi connectivity index (χ2v) is 6.14. The van der Waals surface area contributed by atoms with Crippen molar-refractivity contribution in [2.75, 3.05) is 19.5 Å². The van der Waals surface area contributed by atoms with Crippen LogP contribution in [-0.2, 0) is 4.79 Å². The number of hydrogen-bond acceptors (Lipinski definition) is 3. The summed E-state index contributed by atoms with van der Waals surface area (Å²) in [6, 6.07) is 13.4. The first-order valence-corrected chi connectivity index (χ1v) is 8.26. The number of ether oxygens (including phenoxy) is 2. The molecule has 0 spiro atoms. The summed E-state index contributed by atoms with van der Waals surface area (Å²) in [4.78, 5) is 12.5. The van der Waals surface area contributed by atoms with Crippen LogP contribution in [0.25, 0.3) is 6.08 Å². The van der Waals surface area contributed by atoms with Crippen molar-refractivity contribution in [3.05, 3.63) is 59.2 Å². The number of hydrogen-bond donors (Lipinski definition) is 1. The van der Waals surface area contributed by atoms with Gasteiger partial charge in [-0.25, -0.2) is 0 Å². The van der Waals surface area contributed by atoms with Gasteiger partial charge in [0.1, 0.15) is 0 Å². The van der Waals surface area contributed by atoms with Crippen molar-refractivity contribution >= 4 is 17.7 Å². The van der Waals surface area contributed by atoms with E-state index in [1.165, 1.54) is 0 Å². The molecule has 0 heterocycles. The van der Waals surface area contributed by atoms with E-state index in [0.29, 0.717) is 23.0 Å². The van der Waals surface area contributed by atoms with Gasteiger partial charge >= 0.3 is 0 Å². The summed E-state index contributed by atoms with van der Waals surface area (Å²) < 4.78 is 10.5. The number of benzene rings is 2. The van der Waals surface area contributed by atoms with E-state index in [4.69, 9.17) is 9.47 Å². The summed E-state index contributed by atoms with van der Waals surface area (Å²) >= 11 is 0. The van der Waals surface area contributed by atoms with Crippen molar-refractivity contribution in [2.45, 2.75) is 26.7 Å². The smallest absolute Gasteiger partial charge is 0.251 e. The van der Waals surface area contributed by atoms with Crippen molar-refractivity contribution in [3.8, 4) is 11.5 Å². The molecule has 0 aromatic heterocycles. The summed E-state index contributed by atoms with van der Waals surface area (Å²) in [5.41, 5.74) is 3.46. The Morgan fingerprint density at radius 2 is 1.72 bits per heavy atom. The Balaban J connectivity index is 2.21. The highest BCUT2D eigenvalue weighted by Gasteiger charge is 2.11. The molecule has 4 heteroatoms. The summed E-state index contributed by atoms with van der Waals surface area (Å²) in [6.07, 6.45) is 1.83. The van der Waals surface area contributed by atoms with Crippen LogP contribution in [0.4, 0.5) is 5.69 Å². The SMILES string of the molecule is COc1ccc(/C=C(\C)C(=O)Nc2ccccc2C(C)C)cc1OC. The number of nitrogens with one attached hydrogen (secondary N) is 1. The number of para-hydroxylation sites is 1. The molecule has 0 aliphatic rings. The monoisotopic (exact) mass is 339 g/mol. The van der Waals surface area contributed by atoms with Crippen molar-refractivity contribution < 1.29 is 14.3 Å². The predicted molar refractivity (Wildman–Crippen MR) is 102 cm³/mol. The zero-order chi connectivity index (χ0) is 18.4. The van der Waals surface area contributed by atoms with Gasteiger partial charge in [-0.15, -0.1) is 0 Å². The third kappa shape index (κ3) is 4.63. The van der Waals surface area contributed by atoms with Crippen molar-refractivity contribution in [3.63, 3.8) is 0 Å². The van der Waals surface area contributed by atoms with E-state index >= 15 is 0 Å². The lowest BCUT2D eigenvalue weighted by molar-refractivity contribution is -0.112. The molecule has 2 rings (SSSR count). The van der Waals surface area contributed by atoms with E-state index in [9.17, 15) is 4.79 Å². The highest BCUT2D eigenvalue weighted by atomic mass is 16.5. The van der Waals surface area contributed by atoms with Gasteiger partial charge in [0.15, 0.2) is 11.5 Å². The predicted octanol–water partition coefficient (Wildman–Crippen LogP) is 4.87.